The zero-order chi connectivity index (χ0) is 33.8. The highest BCUT2D eigenvalue weighted by Crippen LogP contribution is 2.38. The van der Waals surface area contributed by atoms with E-state index < -0.39 is 23.2 Å². The number of likely N-dealkylation sites (tertiary alicyclic amines) is 1. The van der Waals surface area contributed by atoms with Gasteiger partial charge in [0.05, 0.1) is 24.9 Å². The molecular formula is C35H36F2N6O5. The van der Waals surface area contributed by atoms with E-state index in [1.165, 1.54) is 50.2 Å². The molecule has 3 aromatic carbocycles. The second-order valence-corrected chi connectivity index (χ2v) is 11.8. The number of piperidine rings is 1. The summed E-state index contributed by atoms with van der Waals surface area (Å²) in [5.74, 6) is -0.200. The number of methoxy groups -OCH3 is 1. The number of halogens is 2. The van der Waals surface area contributed by atoms with Crippen LogP contribution in [0.5, 0.6) is 23.0 Å². The van der Waals surface area contributed by atoms with Crippen molar-refractivity contribution in [3.63, 3.8) is 0 Å². The smallest absolute Gasteiger partial charge is 0.350 e. The summed E-state index contributed by atoms with van der Waals surface area (Å²) >= 11 is 0. The van der Waals surface area contributed by atoms with Crippen molar-refractivity contribution in [2.45, 2.75) is 26.2 Å². The van der Waals surface area contributed by atoms with E-state index in [-0.39, 0.29) is 22.9 Å². The molecule has 3 heterocycles. The molecule has 0 unspecified atom stereocenters. The van der Waals surface area contributed by atoms with Gasteiger partial charge in [-0.15, -0.1) is 5.10 Å². The van der Waals surface area contributed by atoms with Crippen molar-refractivity contribution in [3.8, 4) is 28.7 Å². The quantitative estimate of drug-likeness (QED) is 0.173. The van der Waals surface area contributed by atoms with Gasteiger partial charge < -0.3 is 24.4 Å². The fourth-order valence-electron chi connectivity index (χ4n) is 5.62. The Kier molecular flexibility index (Phi) is 9.67. The number of nitrogens with zero attached hydrogens (tertiary/aromatic N) is 5. The first-order valence-electron chi connectivity index (χ1n) is 15.7. The van der Waals surface area contributed by atoms with Crippen molar-refractivity contribution in [2.24, 2.45) is 13.0 Å². The molecule has 0 spiro atoms. The van der Waals surface area contributed by atoms with E-state index in [1.807, 2.05) is 0 Å². The van der Waals surface area contributed by atoms with Gasteiger partial charge in [-0.1, -0.05) is 13.0 Å². The predicted molar refractivity (Wildman–Crippen MR) is 176 cm³/mol. The molecule has 0 aliphatic carbocycles. The van der Waals surface area contributed by atoms with Crippen LogP contribution in [0.25, 0.3) is 16.6 Å². The number of benzene rings is 3. The van der Waals surface area contributed by atoms with Crippen molar-refractivity contribution in [3.05, 3.63) is 94.8 Å². The summed E-state index contributed by atoms with van der Waals surface area (Å²) in [5, 5.41) is 7.18. The number of carbonyl (C=O) groups excluding carboxylic acids is 1. The van der Waals surface area contributed by atoms with Crippen molar-refractivity contribution in [1.82, 2.24) is 24.2 Å². The van der Waals surface area contributed by atoms with E-state index in [0.717, 1.165) is 53.4 Å². The second-order valence-electron chi connectivity index (χ2n) is 11.8. The van der Waals surface area contributed by atoms with E-state index in [1.54, 1.807) is 31.5 Å². The normalized spacial score (nSPS) is 13.9. The SMILES string of the molecule is COc1cc2c(Oc3ccc(NC(=O)c4nn(-c5cccc(F)c5)c(=O)n4C)cc3F)ccnc2cc1OCCCN1CCC(C)CC1. The Balaban J connectivity index is 1.13. The Bertz CT molecular complexity index is 2000. The van der Waals surface area contributed by atoms with Crippen molar-refractivity contribution in [2.75, 3.05) is 38.7 Å². The third kappa shape index (κ3) is 7.15. The van der Waals surface area contributed by atoms with Crippen LogP contribution in [-0.4, -0.2) is 63.5 Å². The predicted octanol–water partition coefficient (Wildman–Crippen LogP) is 5.95. The number of rotatable bonds is 11. The highest BCUT2D eigenvalue weighted by Gasteiger charge is 2.20. The summed E-state index contributed by atoms with van der Waals surface area (Å²) in [6.07, 6.45) is 4.91. The fourth-order valence-corrected chi connectivity index (χ4v) is 5.62. The Morgan fingerprint density at radius 1 is 1.00 bits per heavy atom. The maximum atomic E-state index is 15.3. The van der Waals surface area contributed by atoms with Gasteiger partial charge in [0.25, 0.3) is 5.91 Å². The molecule has 5 aromatic rings. The summed E-state index contributed by atoms with van der Waals surface area (Å²) in [7, 11) is 2.91. The molecule has 11 nitrogen and oxygen atoms in total. The van der Waals surface area contributed by atoms with Gasteiger partial charge in [-0.05, 0) is 80.7 Å². The number of amides is 1. The Morgan fingerprint density at radius 2 is 1.81 bits per heavy atom. The zero-order valence-corrected chi connectivity index (χ0v) is 26.9. The van der Waals surface area contributed by atoms with Crippen LogP contribution in [0.3, 0.4) is 0 Å². The Labute approximate surface area is 275 Å². The zero-order valence-electron chi connectivity index (χ0n) is 26.9. The summed E-state index contributed by atoms with van der Waals surface area (Å²) < 4.78 is 48.5. The van der Waals surface area contributed by atoms with Crippen molar-refractivity contribution < 1.29 is 27.8 Å². The number of hydrogen-bond acceptors (Lipinski definition) is 8. The number of carbonyl (C=O) groups is 1. The topological polar surface area (TPSA) is 113 Å². The molecule has 1 aliphatic heterocycles. The van der Waals surface area contributed by atoms with Crippen LogP contribution in [0.4, 0.5) is 14.5 Å². The van der Waals surface area contributed by atoms with Gasteiger partial charge >= 0.3 is 5.69 Å². The van der Waals surface area contributed by atoms with Crippen molar-refractivity contribution >= 4 is 22.5 Å². The highest BCUT2D eigenvalue weighted by molar-refractivity contribution is 6.01. The Morgan fingerprint density at radius 3 is 2.56 bits per heavy atom. The maximum absolute atomic E-state index is 15.3. The molecule has 0 saturated carbocycles. The number of pyridine rings is 1. The third-order valence-electron chi connectivity index (χ3n) is 8.39. The average molecular weight is 659 g/mol. The largest absolute Gasteiger partial charge is 0.493 e. The van der Waals surface area contributed by atoms with E-state index >= 15 is 4.39 Å². The monoisotopic (exact) mass is 658 g/mol. The first-order valence-corrected chi connectivity index (χ1v) is 15.7. The van der Waals surface area contributed by atoms with Gasteiger partial charge in [0.1, 0.15) is 11.6 Å². The van der Waals surface area contributed by atoms with Crippen LogP contribution in [0.2, 0.25) is 0 Å². The number of aromatic nitrogens is 4. The van der Waals surface area contributed by atoms with E-state index in [2.05, 4.69) is 27.2 Å². The molecular weight excluding hydrogens is 622 g/mol. The lowest BCUT2D eigenvalue weighted by Gasteiger charge is -2.30. The number of fused-ring (bicyclic) bond motifs is 1. The van der Waals surface area contributed by atoms with Gasteiger partial charge in [-0.25, -0.2) is 13.6 Å². The summed E-state index contributed by atoms with van der Waals surface area (Å²) in [5.41, 5.74) is 0.199. The fraction of sp³-hybridized carbons (Fsp3) is 0.314. The van der Waals surface area contributed by atoms with Gasteiger partial charge in [-0.3, -0.25) is 14.3 Å². The minimum atomic E-state index is -0.760. The van der Waals surface area contributed by atoms with Crippen LogP contribution in [0.1, 0.15) is 36.8 Å². The van der Waals surface area contributed by atoms with Crippen LogP contribution >= 0.6 is 0 Å². The molecule has 1 fully saturated rings. The number of ether oxygens (including phenoxy) is 3. The molecule has 0 bridgehead atoms. The first-order chi connectivity index (χ1) is 23.2. The molecule has 0 atom stereocenters. The van der Waals surface area contributed by atoms with Crippen LogP contribution in [0, 0.1) is 17.6 Å². The lowest BCUT2D eigenvalue weighted by Crippen LogP contribution is -2.34. The number of hydrogen-bond donors (Lipinski definition) is 1. The lowest BCUT2D eigenvalue weighted by atomic mass is 9.99. The molecule has 1 amide bonds. The molecule has 1 aliphatic rings. The third-order valence-corrected chi connectivity index (χ3v) is 8.39. The first kappa shape index (κ1) is 32.6. The number of anilines is 1. The summed E-state index contributed by atoms with van der Waals surface area (Å²) in [6, 6.07) is 14.3. The van der Waals surface area contributed by atoms with E-state index in [9.17, 15) is 14.0 Å². The molecule has 48 heavy (non-hydrogen) atoms. The summed E-state index contributed by atoms with van der Waals surface area (Å²) in [4.78, 5) is 32.6. The van der Waals surface area contributed by atoms with E-state index in [0.29, 0.717) is 34.8 Å². The molecule has 250 valence electrons. The standard InChI is InChI=1S/C35H36F2N6O5/c1-22-11-15-42(16-12-22)14-5-17-47-32-21-28-26(20-31(32)46-3)29(10-13-38-28)48-30-9-8-24(19-27(30)37)39-34(44)33-40-43(35(45)41(33)2)25-7-4-6-23(36)18-25/h4,6-10,13,18-22H,5,11-12,14-17H2,1-3H3,(H,39,44). The highest BCUT2D eigenvalue weighted by atomic mass is 19.1. The van der Waals surface area contributed by atoms with Gasteiger partial charge in [-0.2, -0.15) is 4.68 Å². The minimum Gasteiger partial charge on any atom is -0.493 e. The van der Waals surface area contributed by atoms with Crippen LogP contribution in [-0.2, 0) is 7.05 Å². The molecule has 13 heteroatoms. The van der Waals surface area contributed by atoms with Crippen LogP contribution < -0.4 is 25.2 Å². The van der Waals surface area contributed by atoms with Gasteiger partial charge in [0.2, 0.25) is 5.82 Å². The van der Waals surface area contributed by atoms with Gasteiger partial charge in [0.15, 0.2) is 23.1 Å². The average Bonchev–Trinajstić information content (AvgIpc) is 3.38. The lowest BCUT2D eigenvalue weighted by molar-refractivity contribution is 0.101. The molecule has 1 saturated heterocycles. The second kappa shape index (κ2) is 14.2. The Hall–Kier alpha value is -5.30. The van der Waals surface area contributed by atoms with Gasteiger partial charge in [0, 0.05) is 43.0 Å². The molecule has 0 radical (unpaired) electrons. The van der Waals surface area contributed by atoms with Crippen molar-refractivity contribution in [1.29, 1.82) is 0 Å². The molecule has 6 rings (SSSR count). The summed E-state index contributed by atoms with van der Waals surface area (Å²) in [6.45, 7) is 6.06. The van der Waals surface area contributed by atoms with E-state index in [4.69, 9.17) is 14.2 Å². The molecule has 2 aromatic heterocycles. The minimum absolute atomic E-state index is 0.0883. The van der Waals surface area contributed by atoms with Crippen LogP contribution in [0.15, 0.2) is 71.7 Å². The number of nitrogens with one attached hydrogen (secondary N) is 1. The molecule has 1 N–H and O–H groups in total. The maximum Gasteiger partial charge on any atom is 0.350 e.